The van der Waals surface area contributed by atoms with E-state index in [-0.39, 0.29) is 22.4 Å². The van der Waals surface area contributed by atoms with Gasteiger partial charge in [0.25, 0.3) is 5.91 Å². The van der Waals surface area contributed by atoms with Gasteiger partial charge in [-0.3, -0.25) is 4.79 Å². The van der Waals surface area contributed by atoms with Crippen molar-refractivity contribution in [2.45, 2.75) is 5.91 Å². The number of methoxy groups -OCH3 is 2. The highest BCUT2D eigenvalue weighted by Crippen LogP contribution is 2.48. The van der Waals surface area contributed by atoms with Crippen molar-refractivity contribution in [3.05, 3.63) is 53.1 Å². The van der Waals surface area contributed by atoms with Gasteiger partial charge in [0.05, 0.1) is 36.6 Å². The number of rotatable bonds is 2. The van der Waals surface area contributed by atoms with Crippen molar-refractivity contribution in [3.8, 4) is 11.5 Å². The summed E-state index contributed by atoms with van der Waals surface area (Å²) in [5.41, 5.74) is 0.810. The number of benzene rings is 2. The molecule has 0 spiro atoms. The second kappa shape index (κ2) is 4.72. The van der Waals surface area contributed by atoms with Gasteiger partial charge in [0.1, 0.15) is 0 Å². The van der Waals surface area contributed by atoms with Gasteiger partial charge in [-0.2, -0.15) is 0 Å². The van der Waals surface area contributed by atoms with Gasteiger partial charge in [-0.25, -0.2) is 9.69 Å². The number of hydrogen-bond donors (Lipinski definition) is 1. The van der Waals surface area contributed by atoms with E-state index >= 15 is 0 Å². The first-order valence-electron chi connectivity index (χ1n) is 7.17. The number of ether oxygens (including phenoxy) is 3. The molecule has 0 aliphatic carbocycles. The van der Waals surface area contributed by atoms with Crippen LogP contribution in [0.3, 0.4) is 0 Å². The normalized spacial score (nSPS) is 20.9. The van der Waals surface area contributed by atoms with E-state index in [4.69, 9.17) is 14.2 Å². The zero-order chi connectivity index (χ0) is 17.1. The van der Waals surface area contributed by atoms with Crippen molar-refractivity contribution in [2.24, 2.45) is 0 Å². The van der Waals surface area contributed by atoms with E-state index in [0.717, 1.165) is 4.90 Å². The molecular weight excluding hydrogens is 314 g/mol. The number of nitrogens with zero attached hydrogens (tertiary/aromatic N) is 1. The molecule has 0 saturated carbocycles. The van der Waals surface area contributed by atoms with E-state index in [1.54, 1.807) is 24.3 Å². The van der Waals surface area contributed by atoms with Crippen LogP contribution in [0, 0.1) is 0 Å². The van der Waals surface area contributed by atoms with Gasteiger partial charge in [0.2, 0.25) is 0 Å². The van der Waals surface area contributed by atoms with Crippen LogP contribution in [0.25, 0.3) is 0 Å². The molecular formula is C17H13NO6. The Morgan fingerprint density at radius 2 is 1.71 bits per heavy atom. The van der Waals surface area contributed by atoms with E-state index in [2.05, 4.69) is 0 Å². The van der Waals surface area contributed by atoms with Gasteiger partial charge in [-0.15, -0.1) is 0 Å². The Labute approximate surface area is 137 Å². The largest absolute Gasteiger partial charge is 0.493 e. The average molecular weight is 327 g/mol. The van der Waals surface area contributed by atoms with Crippen molar-refractivity contribution >= 4 is 17.6 Å². The zero-order valence-electron chi connectivity index (χ0n) is 12.9. The summed E-state index contributed by atoms with van der Waals surface area (Å²) >= 11 is 0. The predicted octanol–water partition coefficient (Wildman–Crippen LogP) is 1.64. The zero-order valence-corrected chi connectivity index (χ0v) is 12.9. The van der Waals surface area contributed by atoms with E-state index in [1.807, 2.05) is 0 Å². The third-order valence-corrected chi connectivity index (χ3v) is 4.21. The van der Waals surface area contributed by atoms with E-state index in [9.17, 15) is 14.7 Å². The summed E-state index contributed by atoms with van der Waals surface area (Å²) in [6.45, 7) is 0. The minimum Gasteiger partial charge on any atom is -0.493 e. The molecule has 1 N–H and O–H groups in total. The third kappa shape index (κ3) is 1.64. The summed E-state index contributed by atoms with van der Waals surface area (Å²) < 4.78 is 15.6. The lowest BCUT2D eigenvalue weighted by Crippen LogP contribution is -2.51. The smallest absolute Gasteiger partial charge is 0.344 e. The second-order valence-electron chi connectivity index (χ2n) is 5.41. The molecule has 0 saturated heterocycles. The van der Waals surface area contributed by atoms with Crippen molar-refractivity contribution < 1.29 is 28.9 Å². The first kappa shape index (κ1) is 14.5. The highest BCUT2D eigenvalue weighted by molar-refractivity contribution is 6.16. The number of aliphatic hydroxyl groups is 1. The van der Waals surface area contributed by atoms with Crippen molar-refractivity contribution in [1.29, 1.82) is 0 Å². The van der Waals surface area contributed by atoms with E-state index < -0.39 is 17.8 Å². The van der Waals surface area contributed by atoms with Crippen molar-refractivity contribution in [1.82, 2.24) is 0 Å². The highest BCUT2D eigenvalue weighted by atomic mass is 16.7. The summed E-state index contributed by atoms with van der Waals surface area (Å²) in [5.74, 6) is -2.74. The molecule has 1 atom stereocenters. The number of anilines is 1. The van der Waals surface area contributed by atoms with Crippen LogP contribution in [0.15, 0.2) is 36.4 Å². The lowest BCUT2D eigenvalue weighted by atomic mass is 10.1. The van der Waals surface area contributed by atoms with Crippen LogP contribution in [0.5, 0.6) is 11.5 Å². The van der Waals surface area contributed by atoms with Gasteiger partial charge < -0.3 is 19.3 Å². The fourth-order valence-electron chi connectivity index (χ4n) is 3.11. The monoisotopic (exact) mass is 327 g/mol. The minimum absolute atomic E-state index is 0.110. The molecule has 2 aromatic rings. The second-order valence-corrected chi connectivity index (χ2v) is 5.41. The molecule has 1 amide bonds. The van der Waals surface area contributed by atoms with Gasteiger partial charge in [-0.05, 0) is 12.1 Å². The molecule has 7 heteroatoms. The quantitative estimate of drug-likeness (QED) is 0.844. The first-order valence-corrected chi connectivity index (χ1v) is 7.17. The molecule has 2 aliphatic heterocycles. The van der Waals surface area contributed by atoms with Gasteiger partial charge in [-0.1, -0.05) is 12.1 Å². The Morgan fingerprint density at radius 1 is 1.04 bits per heavy atom. The van der Waals surface area contributed by atoms with Crippen LogP contribution < -0.4 is 14.4 Å². The number of esters is 1. The molecule has 122 valence electrons. The molecule has 2 aromatic carbocycles. The molecule has 2 aliphatic rings. The maximum atomic E-state index is 12.8. The van der Waals surface area contributed by atoms with Crippen LogP contribution in [-0.2, 0) is 10.6 Å². The number of fused-ring (bicyclic) bond motifs is 5. The summed E-state index contributed by atoms with van der Waals surface area (Å²) in [7, 11) is 2.88. The number of carbonyl (C=O) groups is 2. The van der Waals surface area contributed by atoms with Crippen LogP contribution in [-0.4, -0.2) is 31.2 Å². The fourth-order valence-corrected chi connectivity index (χ4v) is 3.11. The lowest BCUT2D eigenvalue weighted by molar-refractivity contribution is -0.167. The minimum atomic E-state index is -2.17. The Hall–Kier alpha value is -3.06. The Bertz CT molecular complexity index is 893. The molecule has 0 radical (unpaired) electrons. The summed E-state index contributed by atoms with van der Waals surface area (Å²) in [4.78, 5) is 26.2. The first-order chi connectivity index (χ1) is 11.5. The Balaban J connectivity index is 1.99. The van der Waals surface area contributed by atoms with Gasteiger partial charge in [0, 0.05) is 12.1 Å². The van der Waals surface area contributed by atoms with Crippen LogP contribution >= 0.6 is 0 Å². The van der Waals surface area contributed by atoms with Crippen LogP contribution in [0.1, 0.15) is 26.3 Å². The summed E-state index contributed by atoms with van der Waals surface area (Å²) in [6.07, 6.45) is 0. The molecule has 0 fully saturated rings. The predicted molar refractivity (Wildman–Crippen MR) is 82.1 cm³/mol. The van der Waals surface area contributed by atoms with E-state index in [0.29, 0.717) is 11.5 Å². The average Bonchev–Trinajstić information content (AvgIpc) is 2.82. The molecule has 0 aromatic heterocycles. The lowest BCUT2D eigenvalue weighted by Gasteiger charge is -2.37. The third-order valence-electron chi connectivity index (χ3n) is 4.21. The van der Waals surface area contributed by atoms with Crippen LogP contribution in [0.2, 0.25) is 0 Å². The fraction of sp³-hybridized carbons (Fsp3) is 0.176. The van der Waals surface area contributed by atoms with Crippen molar-refractivity contribution in [2.75, 3.05) is 19.1 Å². The number of hydrogen-bond acceptors (Lipinski definition) is 6. The molecule has 0 bridgehead atoms. The highest BCUT2D eigenvalue weighted by Gasteiger charge is 2.56. The topological polar surface area (TPSA) is 85.3 Å². The van der Waals surface area contributed by atoms with Crippen LogP contribution in [0.4, 0.5) is 5.69 Å². The molecule has 7 nitrogen and oxygen atoms in total. The maximum absolute atomic E-state index is 12.8. The van der Waals surface area contributed by atoms with Crippen molar-refractivity contribution in [3.63, 3.8) is 0 Å². The van der Waals surface area contributed by atoms with Gasteiger partial charge >= 0.3 is 11.9 Å². The number of amides is 1. The maximum Gasteiger partial charge on any atom is 0.344 e. The molecule has 2 heterocycles. The van der Waals surface area contributed by atoms with E-state index in [1.165, 1.54) is 26.4 Å². The number of carbonyl (C=O) groups excluding carboxylic acids is 2. The Kier molecular flexibility index (Phi) is 2.86. The molecule has 1 unspecified atom stereocenters. The molecule has 24 heavy (non-hydrogen) atoms. The SMILES string of the molecule is COc1cc2c(cc1OC)N1C(=O)c3ccccc3C1(O)OC2=O. The molecule has 4 rings (SSSR count). The Morgan fingerprint density at radius 3 is 2.42 bits per heavy atom. The van der Waals surface area contributed by atoms with Gasteiger partial charge in [0.15, 0.2) is 11.5 Å². The summed E-state index contributed by atoms with van der Waals surface area (Å²) in [6, 6.07) is 9.35. The summed E-state index contributed by atoms with van der Waals surface area (Å²) in [5, 5.41) is 10.9. The standard InChI is InChI=1S/C17H13NO6/c1-22-13-7-10-12(8-14(13)23-2)18-15(19)9-5-3-4-6-11(9)17(18,21)24-16(10)20/h3-8,21H,1-2H3.